The number of aliphatic hydroxyl groups is 1. The fourth-order valence-corrected chi connectivity index (χ4v) is 2.93. The number of hydrogen-bond acceptors (Lipinski definition) is 5. The van der Waals surface area contributed by atoms with Crippen LogP contribution in [0.2, 0.25) is 0 Å². The fourth-order valence-electron chi connectivity index (χ4n) is 2.23. The number of ether oxygens (including phenoxy) is 1. The van der Waals surface area contributed by atoms with Gasteiger partial charge >= 0.3 is 0 Å². The lowest BCUT2D eigenvalue weighted by atomic mass is 10.2. The SMILES string of the molecule is CCSCCCCN(CC)CC(O)COc1ccc(C#N)cc1. The Morgan fingerprint density at radius 2 is 2.00 bits per heavy atom. The van der Waals surface area contributed by atoms with E-state index in [1.165, 1.54) is 24.3 Å². The Balaban J connectivity index is 2.24. The number of hydrogen-bond donors (Lipinski definition) is 1. The molecule has 128 valence electrons. The third kappa shape index (κ3) is 8.85. The molecule has 1 unspecified atom stereocenters. The second-order valence-corrected chi connectivity index (χ2v) is 6.79. The highest BCUT2D eigenvalue weighted by molar-refractivity contribution is 7.99. The highest BCUT2D eigenvalue weighted by Gasteiger charge is 2.11. The van der Waals surface area contributed by atoms with Crippen molar-refractivity contribution in [2.75, 3.05) is 37.7 Å². The van der Waals surface area contributed by atoms with Crippen LogP contribution in [0.4, 0.5) is 0 Å². The van der Waals surface area contributed by atoms with Crippen LogP contribution in [0.15, 0.2) is 24.3 Å². The number of unbranched alkanes of at least 4 members (excludes halogenated alkanes) is 1. The molecule has 0 aromatic heterocycles. The Morgan fingerprint density at radius 3 is 2.61 bits per heavy atom. The zero-order valence-corrected chi connectivity index (χ0v) is 15.0. The smallest absolute Gasteiger partial charge is 0.119 e. The van der Waals surface area contributed by atoms with Gasteiger partial charge in [0.25, 0.3) is 0 Å². The average Bonchev–Trinajstić information content (AvgIpc) is 2.59. The average molecular weight is 337 g/mol. The van der Waals surface area contributed by atoms with Crippen LogP contribution in [0.5, 0.6) is 5.75 Å². The van der Waals surface area contributed by atoms with Crippen LogP contribution in [0.25, 0.3) is 0 Å². The van der Waals surface area contributed by atoms with E-state index in [-0.39, 0.29) is 6.61 Å². The first kappa shape index (κ1) is 19.8. The molecule has 0 saturated heterocycles. The summed E-state index contributed by atoms with van der Waals surface area (Å²) in [6.07, 6.45) is 1.90. The quantitative estimate of drug-likeness (QED) is 0.594. The molecule has 23 heavy (non-hydrogen) atoms. The maximum absolute atomic E-state index is 10.1. The van der Waals surface area contributed by atoms with Crippen molar-refractivity contribution < 1.29 is 9.84 Å². The van der Waals surface area contributed by atoms with Crippen molar-refractivity contribution in [1.29, 1.82) is 5.26 Å². The van der Waals surface area contributed by atoms with Crippen LogP contribution in [-0.4, -0.2) is 53.9 Å². The van der Waals surface area contributed by atoms with Gasteiger partial charge in [0, 0.05) is 6.54 Å². The number of rotatable bonds is 12. The maximum Gasteiger partial charge on any atom is 0.119 e. The van der Waals surface area contributed by atoms with Gasteiger partial charge in [0.15, 0.2) is 0 Å². The molecular formula is C18H28N2O2S. The zero-order valence-electron chi connectivity index (χ0n) is 14.2. The van der Waals surface area contributed by atoms with Crippen LogP contribution in [0, 0.1) is 11.3 Å². The van der Waals surface area contributed by atoms with Crippen molar-refractivity contribution in [2.45, 2.75) is 32.8 Å². The van der Waals surface area contributed by atoms with Crippen molar-refractivity contribution >= 4 is 11.8 Å². The lowest BCUT2D eigenvalue weighted by molar-refractivity contribution is 0.0695. The Kier molecular flexibility index (Phi) is 10.5. The predicted molar refractivity (Wildman–Crippen MR) is 97.0 cm³/mol. The van der Waals surface area contributed by atoms with Gasteiger partial charge in [0.2, 0.25) is 0 Å². The number of aliphatic hydroxyl groups excluding tert-OH is 1. The van der Waals surface area contributed by atoms with Gasteiger partial charge < -0.3 is 14.7 Å². The summed E-state index contributed by atoms with van der Waals surface area (Å²) in [5.74, 6) is 3.09. The topological polar surface area (TPSA) is 56.5 Å². The molecule has 0 heterocycles. The molecule has 0 spiro atoms. The third-order valence-corrected chi connectivity index (χ3v) is 4.54. The van der Waals surface area contributed by atoms with Gasteiger partial charge in [-0.3, -0.25) is 0 Å². The summed E-state index contributed by atoms with van der Waals surface area (Å²) in [6, 6.07) is 9.02. The Morgan fingerprint density at radius 1 is 1.26 bits per heavy atom. The Labute approximate surface area is 144 Å². The molecule has 0 saturated carbocycles. The van der Waals surface area contributed by atoms with E-state index in [9.17, 15) is 5.11 Å². The summed E-state index contributed by atoms with van der Waals surface area (Å²) in [4.78, 5) is 2.27. The van der Waals surface area contributed by atoms with Crippen molar-refractivity contribution in [2.24, 2.45) is 0 Å². The first-order valence-electron chi connectivity index (χ1n) is 8.30. The highest BCUT2D eigenvalue weighted by Crippen LogP contribution is 2.12. The molecule has 0 bridgehead atoms. The molecule has 1 aromatic carbocycles. The Hall–Kier alpha value is -1.22. The molecule has 1 aromatic rings. The monoisotopic (exact) mass is 336 g/mol. The minimum absolute atomic E-state index is 0.272. The van der Waals surface area contributed by atoms with Gasteiger partial charge in [-0.05, 0) is 61.7 Å². The lowest BCUT2D eigenvalue weighted by Gasteiger charge is -2.23. The van der Waals surface area contributed by atoms with Crippen LogP contribution in [-0.2, 0) is 0 Å². The summed E-state index contributed by atoms with van der Waals surface area (Å²) in [7, 11) is 0. The second-order valence-electron chi connectivity index (χ2n) is 5.40. The molecule has 5 heteroatoms. The van der Waals surface area contributed by atoms with E-state index in [0.717, 1.165) is 13.1 Å². The predicted octanol–water partition coefficient (Wildman–Crippen LogP) is 3.15. The second kappa shape index (κ2) is 12.2. The normalized spacial score (nSPS) is 12.1. The number of nitrogens with zero attached hydrogens (tertiary/aromatic N) is 2. The molecule has 0 amide bonds. The summed E-state index contributed by atoms with van der Waals surface area (Å²) in [5, 5.41) is 18.9. The zero-order chi connectivity index (χ0) is 16.9. The molecule has 1 N–H and O–H groups in total. The number of benzene rings is 1. The Bertz CT molecular complexity index is 459. The standard InChI is InChI=1S/C18H28N2O2S/c1-3-20(11-5-6-12-23-4-2)14-17(21)15-22-18-9-7-16(13-19)8-10-18/h7-10,17,21H,3-6,11-12,14-15H2,1-2H3. The molecule has 0 aliphatic carbocycles. The van der Waals surface area contributed by atoms with E-state index in [2.05, 4.69) is 24.8 Å². The van der Waals surface area contributed by atoms with Crippen LogP contribution >= 0.6 is 11.8 Å². The van der Waals surface area contributed by atoms with Gasteiger partial charge in [-0.25, -0.2) is 0 Å². The van der Waals surface area contributed by atoms with E-state index in [0.29, 0.717) is 17.9 Å². The highest BCUT2D eigenvalue weighted by atomic mass is 32.2. The van der Waals surface area contributed by atoms with E-state index in [1.807, 2.05) is 11.8 Å². The largest absolute Gasteiger partial charge is 0.491 e. The molecule has 0 radical (unpaired) electrons. The molecule has 1 atom stereocenters. The number of nitriles is 1. The van der Waals surface area contributed by atoms with Gasteiger partial charge in [-0.1, -0.05) is 13.8 Å². The molecule has 0 fully saturated rings. The summed E-state index contributed by atoms with van der Waals surface area (Å²) in [6.45, 7) is 7.17. The van der Waals surface area contributed by atoms with Crippen LogP contribution in [0.1, 0.15) is 32.3 Å². The maximum atomic E-state index is 10.1. The van der Waals surface area contributed by atoms with Gasteiger partial charge in [-0.2, -0.15) is 17.0 Å². The van der Waals surface area contributed by atoms with E-state index in [1.54, 1.807) is 24.3 Å². The van der Waals surface area contributed by atoms with E-state index >= 15 is 0 Å². The third-order valence-electron chi connectivity index (χ3n) is 3.56. The first-order valence-corrected chi connectivity index (χ1v) is 9.46. The number of thioether (sulfide) groups is 1. The van der Waals surface area contributed by atoms with Crippen LogP contribution < -0.4 is 4.74 Å². The van der Waals surface area contributed by atoms with Crippen molar-refractivity contribution in [3.63, 3.8) is 0 Å². The van der Waals surface area contributed by atoms with E-state index < -0.39 is 6.10 Å². The van der Waals surface area contributed by atoms with E-state index in [4.69, 9.17) is 10.00 Å². The molecule has 0 aliphatic rings. The molecule has 0 aliphatic heterocycles. The van der Waals surface area contributed by atoms with Crippen molar-refractivity contribution in [3.8, 4) is 11.8 Å². The van der Waals surface area contributed by atoms with Gasteiger partial charge in [0.05, 0.1) is 11.6 Å². The lowest BCUT2D eigenvalue weighted by Crippen LogP contribution is -2.36. The minimum Gasteiger partial charge on any atom is -0.491 e. The summed E-state index contributed by atoms with van der Waals surface area (Å²) >= 11 is 1.98. The van der Waals surface area contributed by atoms with Crippen LogP contribution in [0.3, 0.4) is 0 Å². The van der Waals surface area contributed by atoms with Crippen molar-refractivity contribution in [3.05, 3.63) is 29.8 Å². The molecule has 4 nitrogen and oxygen atoms in total. The summed E-state index contributed by atoms with van der Waals surface area (Å²) in [5.41, 5.74) is 0.608. The number of likely N-dealkylation sites (N-methyl/N-ethyl adjacent to an activating group) is 1. The summed E-state index contributed by atoms with van der Waals surface area (Å²) < 4.78 is 5.58. The van der Waals surface area contributed by atoms with Gasteiger partial charge in [0.1, 0.15) is 18.5 Å². The first-order chi connectivity index (χ1) is 11.2. The van der Waals surface area contributed by atoms with Gasteiger partial charge in [-0.15, -0.1) is 0 Å². The minimum atomic E-state index is -0.504. The molecular weight excluding hydrogens is 308 g/mol. The fraction of sp³-hybridized carbons (Fsp3) is 0.611. The van der Waals surface area contributed by atoms with Crippen molar-refractivity contribution in [1.82, 2.24) is 4.90 Å². The molecule has 1 rings (SSSR count).